The van der Waals surface area contributed by atoms with Crippen LogP contribution in [0.2, 0.25) is 0 Å². The van der Waals surface area contributed by atoms with Gasteiger partial charge in [0.05, 0.1) is 5.92 Å². The maximum atomic E-state index is 11.7. The molecule has 2 nitrogen and oxygen atoms in total. The summed E-state index contributed by atoms with van der Waals surface area (Å²) in [6.45, 7) is 0. The van der Waals surface area contributed by atoms with Gasteiger partial charge in [0, 0.05) is 0 Å². The van der Waals surface area contributed by atoms with Crippen molar-refractivity contribution >= 4 is 12.0 Å². The van der Waals surface area contributed by atoms with E-state index in [4.69, 9.17) is 0 Å². The van der Waals surface area contributed by atoms with Crippen LogP contribution in [0.3, 0.4) is 0 Å². The molecule has 5 unspecified atom stereocenters. The fourth-order valence-electron chi connectivity index (χ4n) is 5.06. The van der Waals surface area contributed by atoms with E-state index in [0.717, 1.165) is 25.2 Å². The molecule has 4 aliphatic rings. The number of carbonyl (C=O) groups is 1. The largest absolute Gasteiger partial charge is 0.481 e. The fraction of sp³-hybridized carbons (Fsp3) is 0.500. The Balaban J connectivity index is 1.73. The summed E-state index contributed by atoms with van der Waals surface area (Å²) >= 11 is 0. The predicted octanol–water partition coefficient (Wildman–Crippen LogP) is 3.84. The molecule has 1 aromatic carbocycles. The van der Waals surface area contributed by atoms with Crippen molar-refractivity contribution in [2.45, 2.75) is 25.7 Å². The summed E-state index contributed by atoms with van der Waals surface area (Å²) in [5, 5.41) is 9.60. The second kappa shape index (κ2) is 4.47. The summed E-state index contributed by atoms with van der Waals surface area (Å²) in [7, 11) is 0. The molecule has 0 radical (unpaired) electrons. The quantitative estimate of drug-likeness (QED) is 0.885. The molecule has 0 heterocycles. The number of benzene rings is 1. The highest BCUT2D eigenvalue weighted by molar-refractivity contribution is 5.73. The Hall–Kier alpha value is -1.57. The molecule has 1 aromatic rings. The second-order valence-corrected chi connectivity index (χ2v) is 6.79. The Morgan fingerprint density at radius 2 is 1.90 bits per heavy atom. The third-order valence-corrected chi connectivity index (χ3v) is 5.69. The molecule has 0 spiro atoms. The summed E-state index contributed by atoms with van der Waals surface area (Å²) in [5.41, 5.74) is 2.65. The maximum absolute atomic E-state index is 11.7. The summed E-state index contributed by atoms with van der Waals surface area (Å²) < 4.78 is 0. The van der Waals surface area contributed by atoms with Gasteiger partial charge in [-0.25, -0.2) is 0 Å². The van der Waals surface area contributed by atoms with Crippen LogP contribution in [0.1, 0.15) is 31.2 Å². The lowest BCUT2D eigenvalue weighted by atomic mass is 9.50. The molecule has 0 aliphatic heterocycles. The molecule has 4 bridgehead atoms. The highest BCUT2D eigenvalue weighted by atomic mass is 16.4. The maximum Gasteiger partial charge on any atom is 0.307 e. The Labute approximate surface area is 119 Å². The molecule has 5 rings (SSSR count). The van der Waals surface area contributed by atoms with Gasteiger partial charge in [-0.1, -0.05) is 42.0 Å². The molecule has 0 saturated heterocycles. The van der Waals surface area contributed by atoms with E-state index in [1.54, 1.807) is 0 Å². The number of carboxylic acids is 1. The first kappa shape index (κ1) is 12.2. The molecule has 0 amide bonds. The highest BCUT2D eigenvalue weighted by Gasteiger charge is 2.53. The molecule has 1 N–H and O–H groups in total. The summed E-state index contributed by atoms with van der Waals surface area (Å²) in [6.07, 6.45) is 6.93. The van der Waals surface area contributed by atoms with E-state index >= 15 is 0 Å². The van der Waals surface area contributed by atoms with E-state index in [0.29, 0.717) is 17.8 Å². The van der Waals surface area contributed by atoms with Crippen LogP contribution in [0.4, 0.5) is 0 Å². The van der Waals surface area contributed by atoms with Gasteiger partial charge in [-0.15, -0.1) is 0 Å². The van der Waals surface area contributed by atoms with Gasteiger partial charge in [0.1, 0.15) is 0 Å². The first-order chi connectivity index (χ1) is 9.72. The van der Waals surface area contributed by atoms with Crippen molar-refractivity contribution in [1.82, 2.24) is 0 Å². The lowest BCUT2D eigenvalue weighted by molar-refractivity contribution is -0.151. The van der Waals surface area contributed by atoms with Gasteiger partial charge in [0.2, 0.25) is 0 Å². The molecular formula is C18H20O2. The molecule has 4 fully saturated rings. The van der Waals surface area contributed by atoms with E-state index in [-0.39, 0.29) is 5.92 Å². The van der Waals surface area contributed by atoms with Crippen molar-refractivity contribution in [2.24, 2.45) is 29.6 Å². The van der Waals surface area contributed by atoms with Crippen molar-refractivity contribution in [3.63, 3.8) is 0 Å². The number of hydrogen-bond donors (Lipinski definition) is 1. The average Bonchev–Trinajstić information content (AvgIpc) is 2.43. The van der Waals surface area contributed by atoms with E-state index in [2.05, 4.69) is 30.3 Å². The van der Waals surface area contributed by atoms with Crippen molar-refractivity contribution in [3.8, 4) is 0 Å². The van der Waals surface area contributed by atoms with E-state index in [9.17, 15) is 9.90 Å². The number of aliphatic carboxylic acids is 1. The van der Waals surface area contributed by atoms with Gasteiger partial charge in [-0.2, -0.15) is 0 Å². The number of hydrogen-bond acceptors (Lipinski definition) is 1. The normalized spacial score (nSPS) is 40.2. The molecule has 4 saturated carbocycles. The summed E-state index contributed by atoms with van der Waals surface area (Å²) in [4.78, 5) is 11.7. The van der Waals surface area contributed by atoms with Crippen molar-refractivity contribution in [2.75, 3.05) is 0 Å². The predicted molar refractivity (Wildman–Crippen MR) is 78.0 cm³/mol. The first-order valence-electron chi connectivity index (χ1n) is 7.71. The molecule has 5 atom stereocenters. The SMILES string of the molecule is O=C(O)C1C2CC3CC(C2)C(=Cc2ccccc2)C1C3. The smallest absolute Gasteiger partial charge is 0.307 e. The summed E-state index contributed by atoms with van der Waals surface area (Å²) in [5.74, 6) is 1.46. The van der Waals surface area contributed by atoms with Gasteiger partial charge in [-0.3, -0.25) is 4.79 Å². The van der Waals surface area contributed by atoms with Crippen LogP contribution in [0, 0.1) is 29.6 Å². The Morgan fingerprint density at radius 3 is 2.65 bits per heavy atom. The zero-order valence-corrected chi connectivity index (χ0v) is 11.5. The summed E-state index contributed by atoms with van der Waals surface area (Å²) in [6, 6.07) is 10.4. The molecule has 2 heteroatoms. The molecule has 104 valence electrons. The van der Waals surface area contributed by atoms with Gasteiger partial charge >= 0.3 is 5.97 Å². The lowest BCUT2D eigenvalue weighted by Gasteiger charge is -2.54. The number of carboxylic acid groups (broad SMARTS) is 1. The second-order valence-electron chi connectivity index (χ2n) is 6.79. The topological polar surface area (TPSA) is 37.3 Å². The molecule has 20 heavy (non-hydrogen) atoms. The monoisotopic (exact) mass is 268 g/mol. The Kier molecular flexibility index (Phi) is 2.73. The number of rotatable bonds is 2. The minimum atomic E-state index is -0.572. The van der Waals surface area contributed by atoms with Crippen LogP contribution < -0.4 is 0 Å². The zero-order chi connectivity index (χ0) is 13.7. The van der Waals surface area contributed by atoms with Crippen LogP contribution in [-0.4, -0.2) is 11.1 Å². The van der Waals surface area contributed by atoms with Gasteiger partial charge < -0.3 is 5.11 Å². The Bertz CT molecular complexity index is 560. The van der Waals surface area contributed by atoms with Crippen LogP contribution in [0.15, 0.2) is 35.9 Å². The third kappa shape index (κ3) is 1.81. The molecule has 0 aromatic heterocycles. The lowest BCUT2D eigenvalue weighted by Crippen LogP contribution is -2.49. The van der Waals surface area contributed by atoms with Crippen LogP contribution in [0.25, 0.3) is 6.08 Å². The van der Waals surface area contributed by atoms with Gasteiger partial charge in [0.25, 0.3) is 0 Å². The zero-order valence-electron chi connectivity index (χ0n) is 11.5. The van der Waals surface area contributed by atoms with Gasteiger partial charge in [0.15, 0.2) is 0 Å². The van der Waals surface area contributed by atoms with E-state index in [1.807, 2.05) is 6.07 Å². The van der Waals surface area contributed by atoms with Crippen LogP contribution in [0.5, 0.6) is 0 Å². The van der Waals surface area contributed by atoms with Crippen molar-refractivity contribution in [1.29, 1.82) is 0 Å². The number of allylic oxidation sites excluding steroid dienone is 1. The van der Waals surface area contributed by atoms with Crippen molar-refractivity contribution < 1.29 is 9.90 Å². The van der Waals surface area contributed by atoms with E-state index in [1.165, 1.54) is 17.6 Å². The minimum Gasteiger partial charge on any atom is -0.481 e. The van der Waals surface area contributed by atoms with Crippen LogP contribution in [-0.2, 0) is 4.79 Å². The van der Waals surface area contributed by atoms with Crippen LogP contribution >= 0.6 is 0 Å². The van der Waals surface area contributed by atoms with Gasteiger partial charge in [-0.05, 0) is 54.9 Å². The average molecular weight is 268 g/mol. The molecular weight excluding hydrogens is 248 g/mol. The van der Waals surface area contributed by atoms with Crippen molar-refractivity contribution in [3.05, 3.63) is 41.5 Å². The van der Waals surface area contributed by atoms with E-state index < -0.39 is 5.97 Å². The molecule has 4 aliphatic carbocycles. The fourth-order valence-corrected chi connectivity index (χ4v) is 5.06. The standard InChI is InChI=1S/C18H20O2/c19-18(20)17-14-7-12-6-13(10-14)15(16(17)9-12)8-11-4-2-1-3-5-11/h1-5,8,12-14,16-17H,6-7,9-10H2,(H,19,20). The first-order valence-corrected chi connectivity index (χ1v) is 7.71. The Morgan fingerprint density at radius 1 is 1.10 bits per heavy atom. The minimum absolute atomic E-state index is 0.127. The highest BCUT2D eigenvalue weighted by Crippen LogP contribution is 2.59. The third-order valence-electron chi connectivity index (χ3n) is 5.69.